The zero-order valence-electron chi connectivity index (χ0n) is 12.1. The van der Waals surface area contributed by atoms with E-state index < -0.39 is 0 Å². The first-order valence-electron chi connectivity index (χ1n) is 8.10. The Morgan fingerprint density at radius 1 is 1.05 bits per heavy atom. The molecule has 3 rings (SSSR count). The molecule has 0 aliphatic heterocycles. The third-order valence-electron chi connectivity index (χ3n) is 5.49. The second-order valence-electron chi connectivity index (χ2n) is 6.89. The Balaban J connectivity index is 1.72. The molecule has 3 aliphatic rings. The lowest BCUT2D eigenvalue weighted by Gasteiger charge is -2.41. The van der Waals surface area contributed by atoms with Crippen molar-refractivity contribution in [1.82, 2.24) is 5.32 Å². The number of carbonyl (C=O) groups is 1. The molecule has 0 saturated heterocycles. The minimum Gasteiger partial charge on any atom is -0.468 e. The molecule has 2 unspecified atom stereocenters. The van der Waals surface area contributed by atoms with E-state index in [4.69, 9.17) is 4.74 Å². The summed E-state index contributed by atoms with van der Waals surface area (Å²) in [5.41, 5.74) is -0.366. The highest BCUT2D eigenvalue weighted by atomic mass is 16.5. The van der Waals surface area contributed by atoms with Gasteiger partial charge in [0.1, 0.15) is 5.54 Å². The molecule has 108 valence electrons. The summed E-state index contributed by atoms with van der Waals surface area (Å²) in [6.45, 7) is 0. The molecular formula is C16H27NO2. The van der Waals surface area contributed by atoms with Crippen LogP contribution in [0.1, 0.15) is 64.2 Å². The summed E-state index contributed by atoms with van der Waals surface area (Å²) >= 11 is 0. The van der Waals surface area contributed by atoms with E-state index in [0.29, 0.717) is 6.04 Å². The number of nitrogens with one attached hydrogen (secondary N) is 1. The number of hydrogen-bond donors (Lipinski definition) is 1. The van der Waals surface area contributed by atoms with Gasteiger partial charge in [-0.15, -0.1) is 0 Å². The third-order valence-corrected chi connectivity index (χ3v) is 5.49. The summed E-state index contributed by atoms with van der Waals surface area (Å²) < 4.78 is 5.15. The maximum atomic E-state index is 12.4. The maximum absolute atomic E-state index is 12.4. The van der Waals surface area contributed by atoms with Crippen LogP contribution in [-0.4, -0.2) is 24.7 Å². The minimum atomic E-state index is -0.366. The Bertz CT molecular complexity index is 330. The molecule has 0 aromatic carbocycles. The van der Waals surface area contributed by atoms with Crippen LogP contribution in [0.25, 0.3) is 0 Å². The summed E-state index contributed by atoms with van der Waals surface area (Å²) in [4.78, 5) is 12.4. The van der Waals surface area contributed by atoms with Crippen molar-refractivity contribution in [1.29, 1.82) is 0 Å². The zero-order valence-corrected chi connectivity index (χ0v) is 12.1. The van der Waals surface area contributed by atoms with Crippen LogP contribution in [0, 0.1) is 11.8 Å². The van der Waals surface area contributed by atoms with Gasteiger partial charge in [0.15, 0.2) is 0 Å². The van der Waals surface area contributed by atoms with E-state index in [-0.39, 0.29) is 11.5 Å². The molecule has 2 atom stereocenters. The van der Waals surface area contributed by atoms with Crippen LogP contribution in [-0.2, 0) is 9.53 Å². The van der Waals surface area contributed by atoms with Gasteiger partial charge in [-0.1, -0.05) is 25.7 Å². The minimum absolute atomic E-state index is 0.00949. The predicted molar refractivity (Wildman–Crippen MR) is 74.8 cm³/mol. The average Bonchev–Trinajstić information content (AvgIpc) is 3.17. The first-order valence-corrected chi connectivity index (χ1v) is 8.10. The van der Waals surface area contributed by atoms with Gasteiger partial charge in [-0.25, -0.2) is 0 Å². The molecule has 0 spiro atoms. The van der Waals surface area contributed by atoms with Gasteiger partial charge in [0.05, 0.1) is 7.11 Å². The van der Waals surface area contributed by atoms with Crippen LogP contribution in [0.2, 0.25) is 0 Å². The first kappa shape index (κ1) is 13.4. The molecule has 0 bridgehead atoms. The van der Waals surface area contributed by atoms with E-state index in [2.05, 4.69) is 5.32 Å². The smallest absolute Gasteiger partial charge is 0.326 e. The van der Waals surface area contributed by atoms with Crippen LogP contribution in [0.3, 0.4) is 0 Å². The summed E-state index contributed by atoms with van der Waals surface area (Å²) in [5, 5.41) is 3.72. The van der Waals surface area contributed by atoms with E-state index in [1.54, 1.807) is 7.11 Å². The summed E-state index contributed by atoms with van der Waals surface area (Å²) in [5.74, 6) is 1.64. The molecule has 0 amide bonds. The van der Waals surface area contributed by atoms with Crippen molar-refractivity contribution >= 4 is 5.97 Å². The highest BCUT2D eigenvalue weighted by Crippen LogP contribution is 2.47. The number of esters is 1. The summed E-state index contributed by atoms with van der Waals surface area (Å²) in [6, 6.07) is 0.539. The molecule has 3 saturated carbocycles. The van der Waals surface area contributed by atoms with E-state index in [1.165, 1.54) is 51.4 Å². The largest absolute Gasteiger partial charge is 0.468 e. The lowest BCUT2D eigenvalue weighted by Crippen LogP contribution is -2.58. The molecule has 0 radical (unpaired) electrons. The van der Waals surface area contributed by atoms with Crippen LogP contribution < -0.4 is 5.32 Å². The summed E-state index contributed by atoms with van der Waals surface area (Å²) in [6.07, 6.45) is 12.3. The van der Waals surface area contributed by atoms with Crippen molar-refractivity contribution in [2.75, 3.05) is 7.11 Å². The number of rotatable bonds is 4. The quantitative estimate of drug-likeness (QED) is 0.794. The molecule has 3 nitrogen and oxygen atoms in total. The first-order chi connectivity index (χ1) is 9.23. The molecule has 3 heteroatoms. The van der Waals surface area contributed by atoms with Gasteiger partial charge in [-0.3, -0.25) is 10.1 Å². The predicted octanol–water partition coefficient (Wildman–Crippen LogP) is 3.03. The van der Waals surface area contributed by atoms with Crippen molar-refractivity contribution in [3.8, 4) is 0 Å². The molecule has 0 aromatic rings. The second kappa shape index (κ2) is 5.43. The van der Waals surface area contributed by atoms with Crippen LogP contribution in [0.5, 0.6) is 0 Å². The Kier molecular flexibility index (Phi) is 3.84. The lowest BCUT2D eigenvalue weighted by atomic mass is 9.73. The van der Waals surface area contributed by atoms with Crippen molar-refractivity contribution < 1.29 is 9.53 Å². The van der Waals surface area contributed by atoms with Crippen molar-refractivity contribution in [2.24, 2.45) is 11.8 Å². The van der Waals surface area contributed by atoms with E-state index >= 15 is 0 Å². The molecular weight excluding hydrogens is 238 g/mol. The number of hydrogen-bond acceptors (Lipinski definition) is 3. The number of methoxy groups -OCH3 is 1. The van der Waals surface area contributed by atoms with Gasteiger partial charge in [-0.2, -0.15) is 0 Å². The number of ether oxygens (including phenoxy) is 1. The van der Waals surface area contributed by atoms with Crippen LogP contribution >= 0.6 is 0 Å². The average molecular weight is 265 g/mol. The Labute approximate surface area is 116 Å². The fourth-order valence-electron chi connectivity index (χ4n) is 4.32. The van der Waals surface area contributed by atoms with Crippen LogP contribution in [0.15, 0.2) is 0 Å². The van der Waals surface area contributed by atoms with E-state index in [0.717, 1.165) is 24.7 Å². The second-order valence-corrected chi connectivity index (χ2v) is 6.89. The Morgan fingerprint density at radius 3 is 2.42 bits per heavy atom. The molecule has 0 aromatic heterocycles. The van der Waals surface area contributed by atoms with Crippen molar-refractivity contribution in [2.45, 2.75) is 75.8 Å². The molecule has 3 aliphatic carbocycles. The highest BCUT2D eigenvalue weighted by Gasteiger charge is 2.48. The third kappa shape index (κ3) is 2.81. The van der Waals surface area contributed by atoms with E-state index in [9.17, 15) is 4.79 Å². The van der Waals surface area contributed by atoms with Gasteiger partial charge in [0.25, 0.3) is 0 Å². The molecule has 0 heterocycles. The van der Waals surface area contributed by atoms with Gasteiger partial charge in [0, 0.05) is 6.04 Å². The molecule has 19 heavy (non-hydrogen) atoms. The SMILES string of the molecule is COC(=O)C1(NC2CCCC2)CCCC(C2CC2)C1. The van der Waals surface area contributed by atoms with Crippen LogP contribution in [0.4, 0.5) is 0 Å². The fraction of sp³-hybridized carbons (Fsp3) is 0.938. The standard InChI is InChI=1S/C16H27NO2/c1-19-15(18)16(17-14-6-2-3-7-14)10-4-5-13(11-16)12-8-9-12/h12-14,17H,2-11H2,1H3. The molecule has 1 N–H and O–H groups in total. The zero-order chi connectivity index (χ0) is 13.3. The lowest BCUT2D eigenvalue weighted by molar-refractivity contribution is -0.151. The van der Waals surface area contributed by atoms with Gasteiger partial charge < -0.3 is 4.74 Å². The molecule has 3 fully saturated rings. The monoisotopic (exact) mass is 265 g/mol. The Morgan fingerprint density at radius 2 is 1.79 bits per heavy atom. The van der Waals surface area contributed by atoms with Gasteiger partial charge >= 0.3 is 5.97 Å². The van der Waals surface area contributed by atoms with Crippen molar-refractivity contribution in [3.63, 3.8) is 0 Å². The normalized spacial score (nSPS) is 36.4. The highest BCUT2D eigenvalue weighted by molar-refractivity contribution is 5.81. The van der Waals surface area contributed by atoms with Crippen molar-refractivity contribution in [3.05, 3.63) is 0 Å². The topological polar surface area (TPSA) is 38.3 Å². The Hall–Kier alpha value is -0.570. The van der Waals surface area contributed by atoms with Gasteiger partial charge in [-0.05, 0) is 50.4 Å². The van der Waals surface area contributed by atoms with E-state index in [1.807, 2.05) is 0 Å². The number of carbonyl (C=O) groups excluding carboxylic acids is 1. The fourth-order valence-corrected chi connectivity index (χ4v) is 4.32. The van der Waals surface area contributed by atoms with Gasteiger partial charge in [0.2, 0.25) is 0 Å². The maximum Gasteiger partial charge on any atom is 0.326 e. The summed E-state index contributed by atoms with van der Waals surface area (Å²) in [7, 11) is 1.54.